The van der Waals surface area contributed by atoms with Crippen LogP contribution in [0.15, 0.2) is 28.8 Å². The Morgan fingerprint density at radius 2 is 2.00 bits per heavy atom. The van der Waals surface area contributed by atoms with Gasteiger partial charge in [-0.25, -0.2) is 0 Å². The zero-order valence-electron chi connectivity index (χ0n) is 12.3. The van der Waals surface area contributed by atoms with E-state index in [-0.39, 0.29) is 18.3 Å². The minimum Gasteiger partial charge on any atom is -0.372 e. The number of hydrogen-bond acceptors (Lipinski definition) is 5. The second kappa shape index (κ2) is 6.78. The van der Waals surface area contributed by atoms with Gasteiger partial charge in [-0.3, -0.25) is 4.79 Å². The summed E-state index contributed by atoms with van der Waals surface area (Å²) in [4.78, 5) is 14.9. The maximum Gasteiger partial charge on any atom is 0.471 e. The highest BCUT2D eigenvalue weighted by molar-refractivity contribution is 5.80. The molecular formula is C14H14F3N3O3. The van der Waals surface area contributed by atoms with Gasteiger partial charge < -0.3 is 14.6 Å². The standard InChI is InChI=1S/C14H14F3N3O3/c1-8(22-2)12(21)18-7-9-3-5-10(6-4-9)11-19-13(23-20-11)14(15,16)17/h3-6,8H,7H2,1-2H3,(H,18,21)/t8-/m1/s1. The average molecular weight is 329 g/mol. The van der Waals surface area contributed by atoms with Crippen LogP contribution in [0.1, 0.15) is 18.4 Å². The highest BCUT2D eigenvalue weighted by atomic mass is 19.4. The number of carbonyl (C=O) groups is 1. The quantitative estimate of drug-likeness (QED) is 0.911. The largest absolute Gasteiger partial charge is 0.471 e. The summed E-state index contributed by atoms with van der Waals surface area (Å²) >= 11 is 0. The Balaban J connectivity index is 2.02. The lowest BCUT2D eigenvalue weighted by Crippen LogP contribution is -2.33. The van der Waals surface area contributed by atoms with E-state index in [1.165, 1.54) is 7.11 Å². The maximum atomic E-state index is 12.4. The predicted molar refractivity (Wildman–Crippen MR) is 73.1 cm³/mol. The van der Waals surface area contributed by atoms with E-state index in [4.69, 9.17) is 4.74 Å². The molecular weight excluding hydrogens is 315 g/mol. The van der Waals surface area contributed by atoms with Gasteiger partial charge in [0.15, 0.2) is 0 Å². The van der Waals surface area contributed by atoms with E-state index in [0.717, 1.165) is 5.56 Å². The van der Waals surface area contributed by atoms with Crippen LogP contribution in [-0.2, 0) is 22.3 Å². The number of rotatable bonds is 5. The number of halogens is 3. The molecule has 1 amide bonds. The minimum atomic E-state index is -4.67. The van der Waals surface area contributed by atoms with Crippen molar-refractivity contribution in [2.45, 2.75) is 25.7 Å². The molecule has 124 valence electrons. The van der Waals surface area contributed by atoms with Crippen molar-refractivity contribution in [3.05, 3.63) is 35.7 Å². The molecule has 1 atom stereocenters. The third kappa shape index (κ3) is 4.28. The third-order valence-corrected chi connectivity index (χ3v) is 3.07. The lowest BCUT2D eigenvalue weighted by molar-refractivity contribution is -0.159. The molecule has 0 unspecified atom stereocenters. The number of benzene rings is 1. The van der Waals surface area contributed by atoms with Crippen LogP contribution in [0.5, 0.6) is 0 Å². The fraction of sp³-hybridized carbons (Fsp3) is 0.357. The molecule has 1 aromatic heterocycles. The Kier molecular flexibility index (Phi) is 4.99. The van der Waals surface area contributed by atoms with Gasteiger partial charge in [0.1, 0.15) is 6.10 Å². The van der Waals surface area contributed by atoms with E-state index in [9.17, 15) is 18.0 Å². The van der Waals surface area contributed by atoms with Crippen molar-refractivity contribution in [2.24, 2.45) is 0 Å². The molecule has 0 saturated carbocycles. The third-order valence-electron chi connectivity index (χ3n) is 3.07. The molecule has 0 bridgehead atoms. The van der Waals surface area contributed by atoms with Crippen LogP contribution >= 0.6 is 0 Å². The van der Waals surface area contributed by atoms with E-state index in [0.29, 0.717) is 5.56 Å². The summed E-state index contributed by atoms with van der Waals surface area (Å²) in [6, 6.07) is 6.39. The van der Waals surface area contributed by atoms with Crippen LogP contribution in [0.2, 0.25) is 0 Å². The summed E-state index contributed by atoms with van der Waals surface area (Å²) in [6.45, 7) is 1.89. The zero-order chi connectivity index (χ0) is 17.0. The number of carbonyl (C=O) groups excluding carboxylic acids is 1. The molecule has 6 nitrogen and oxygen atoms in total. The van der Waals surface area contributed by atoms with Crippen LogP contribution in [0, 0.1) is 0 Å². The van der Waals surface area contributed by atoms with Crippen molar-refractivity contribution in [1.82, 2.24) is 15.5 Å². The predicted octanol–water partition coefficient (Wildman–Crippen LogP) is 2.41. The van der Waals surface area contributed by atoms with E-state index < -0.39 is 18.2 Å². The fourth-order valence-corrected chi connectivity index (χ4v) is 1.67. The molecule has 9 heteroatoms. The number of amides is 1. The second-order valence-corrected chi connectivity index (χ2v) is 4.71. The summed E-state index contributed by atoms with van der Waals surface area (Å²) < 4.78 is 46.3. The average Bonchev–Trinajstić information content (AvgIpc) is 3.02. The molecule has 2 rings (SSSR count). The summed E-state index contributed by atoms with van der Waals surface area (Å²) in [7, 11) is 1.43. The number of aromatic nitrogens is 2. The van der Waals surface area contributed by atoms with E-state index in [1.54, 1.807) is 31.2 Å². The number of hydrogen-bond donors (Lipinski definition) is 1. The van der Waals surface area contributed by atoms with Crippen molar-refractivity contribution >= 4 is 5.91 Å². The van der Waals surface area contributed by atoms with Crippen LogP contribution in [-0.4, -0.2) is 29.3 Å². The molecule has 1 heterocycles. The van der Waals surface area contributed by atoms with Gasteiger partial charge in [0.2, 0.25) is 11.7 Å². The van der Waals surface area contributed by atoms with E-state index >= 15 is 0 Å². The molecule has 1 aromatic carbocycles. The second-order valence-electron chi connectivity index (χ2n) is 4.71. The number of ether oxygens (including phenoxy) is 1. The van der Waals surface area contributed by atoms with Gasteiger partial charge in [-0.15, -0.1) is 0 Å². The topological polar surface area (TPSA) is 77.2 Å². The SMILES string of the molecule is CO[C@H](C)C(=O)NCc1ccc(-c2noc(C(F)(F)F)n2)cc1. The number of nitrogens with one attached hydrogen (secondary N) is 1. The number of nitrogens with zero attached hydrogens (tertiary/aromatic N) is 2. The van der Waals surface area contributed by atoms with Crippen molar-refractivity contribution in [2.75, 3.05) is 7.11 Å². The molecule has 1 N–H and O–H groups in total. The summed E-state index contributed by atoms with van der Waals surface area (Å²) in [5.74, 6) is -1.80. The first kappa shape index (κ1) is 16.9. The van der Waals surface area contributed by atoms with Crippen molar-refractivity contribution < 1.29 is 27.2 Å². The summed E-state index contributed by atoms with van der Waals surface area (Å²) in [5, 5.41) is 5.97. The molecule has 0 radical (unpaired) electrons. The van der Waals surface area contributed by atoms with Gasteiger partial charge in [0, 0.05) is 19.2 Å². The Morgan fingerprint density at radius 3 is 2.52 bits per heavy atom. The molecule has 0 fully saturated rings. The Morgan fingerprint density at radius 1 is 1.35 bits per heavy atom. The van der Waals surface area contributed by atoms with Crippen molar-refractivity contribution in [1.29, 1.82) is 0 Å². The summed E-state index contributed by atoms with van der Waals surface area (Å²) in [5.41, 5.74) is 1.15. The van der Waals surface area contributed by atoms with Crippen molar-refractivity contribution in [3.63, 3.8) is 0 Å². The fourth-order valence-electron chi connectivity index (χ4n) is 1.67. The van der Waals surface area contributed by atoms with Gasteiger partial charge in [0.25, 0.3) is 0 Å². The maximum absolute atomic E-state index is 12.4. The van der Waals surface area contributed by atoms with Crippen molar-refractivity contribution in [3.8, 4) is 11.4 Å². The lowest BCUT2D eigenvalue weighted by atomic mass is 10.1. The summed E-state index contributed by atoms with van der Waals surface area (Å²) in [6.07, 6.45) is -5.23. The molecule has 0 saturated heterocycles. The monoisotopic (exact) mass is 329 g/mol. The highest BCUT2D eigenvalue weighted by Gasteiger charge is 2.38. The van der Waals surface area contributed by atoms with Crippen LogP contribution in [0.4, 0.5) is 13.2 Å². The Hall–Kier alpha value is -2.42. The minimum absolute atomic E-state index is 0.152. The molecule has 0 aliphatic heterocycles. The zero-order valence-corrected chi connectivity index (χ0v) is 12.3. The first-order chi connectivity index (χ1) is 10.8. The first-order valence-corrected chi connectivity index (χ1v) is 6.62. The number of methoxy groups -OCH3 is 1. The molecule has 0 spiro atoms. The van der Waals surface area contributed by atoms with E-state index in [2.05, 4.69) is 20.0 Å². The molecule has 0 aliphatic carbocycles. The van der Waals surface area contributed by atoms with Crippen LogP contribution < -0.4 is 5.32 Å². The van der Waals surface area contributed by atoms with Gasteiger partial charge in [-0.2, -0.15) is 18.2 Å². The Bertz CT molecular complexity index is 668. The molecule has 23 heavy (non-hydrogen) atoms. The number of alkyl halides is 3. The van der Waals surface area contributed by atoms with Crippen LogP contribution in [0.25, 0.3) is 11.4 Å². The molecule has 2 aromatic rings. The van der Waals surface area contributed by atoms with Crippen LogP contribution in [0.3, 0.4) is 0 Å². The van der Waals surface area contributed by atoms with E-state index in [1.807, 2.05) is 0 Å². The smallest absolute Gasteiger partial charge is 0.372 e. The molecule has 0 aliphatic rings. The van der Waals surface area contributed by atoms with Gasteiger partial charge >= 0.3 is 12.1 Å². The Labute approximate surface area is 129 Å². The first-order valence-electron chi connectivity index (χ1n) is 6.62. The van der Waals surface area contributed by atoms with Gasteiger partial charge in [-0.05, 0) is 12.5 Å². The lowest BCUT2D eigenvalue weighted by Gasteiger charge is -2.10. The van der Waals surface area contributed by atoms with Gasteiger partial charge in [0.05, 0.1) is 0 Å². The normalized spacial score (nSPS) is 12.9. The van der Waals surface area contributed by atoms with Gasteiger partial charge in [-0.1, -0.05) is 29.4 Å². The highest BCUT2D eigenvalue weighted by Crippen LogP contribution is 2.29.